The molecule has 1 aliphatic heterocycles. The van der Waals surface area contributed by atoms with Crippen molar-refractivity contribution in [1.29, 1.82) is 0 Å². The summed E-state index contributed by atoms with van der Waals surface area (Å²) in [6.07, 6.45) is -1.49. The molecule has 1 amide bonds. The van der Waals surface area contributed by atoms with Crippen molar-refractivity contribution in [3.63, 3.8) is 0 Å². The molecule has 0 radical (unpaired) electrons. The van der Waals surface area contributed by atoms with Gasteiger partial charge in [-0.15, -0.1) is 0 Å². The van der Waals surface area contributed by atoms with Gasteiger partial charge in [-0.25, -0.2) is 9.98 Å². The third-order valence-electron chi connectivity index (χ3n) is 4.66. The quantitative estimate of drug-likeness (QED) is 0.522. The summed E-state index contributed by atoms with van der Waals surface area (Å²) in [5.74, 6) is -0.0521. The van der Waals surface area contributed by atoms with Gasteiger partial charge in [-0.05, 0) is 35.9 Å². The summed E-state index contributed by atoms with van der Waals surface area (Å²) in [6, 6.07) is 8.72. The molecule has 1 aromatic carbocycles. The lowest BCUT2D eigenvalue weighted by atomic mass is 10.1. The van der Waals surface area contributed by atoms with Crippen LogP contribution in [0.25, 0.3) is 0 Å². The molecule has 6 nitrogen and oxygen atoms in total. The number of benzene rings is 1. The third kappa shape index (κ3) is 4.68. The molecule has 2 aromatic heterocycles. The molecular weight excluding hydrogens is 466 g/mol. The van der Waals surface area contributed by atoms with E-state index in [-0.39, 0.29) is 17.9 Å². The zero-order valence-electron chi connectivity index (χ0n) is 16.2. The molecule has 0 bridgehead atoms. The van der Waals surface area contributed by atoms with Crippen LogP contribution in [0.4, 0.5) is 24.5 Å². The van der Waals surface area contributed by atoms with E-state index in [4.69, 9.17) is 23.2 Å². The third-order valence-corrected chi connectivity index (χ3v) is 5.27. The number of nitrogens with zero attached hydrogens (tertiary/aromatic N) is 3. The highest BCUT2D eigenvalue weighted by Gasteiger charge is 2.33. The second-order valence-corrected chi connectivity index (χ2v) is 7.65. The molecule has 0 atom stereocenters. The van der Waals surface area contributed by atoms with Crippen LogP contribution in [0.15, 0.2) is 53.8 Å². The first-order chi connectivity index (χ1) is 15.2. The van der Waals surface area contributed by atoms with E-state index >= 15 is 0 Å². The van der Waals surface area contributed by atoms with Gasteiger partial charge in [0.1, 0.15) is 17.2 Å². The van der Waals surface area contributed by atoms with Crippen LogP contribution in [0.3, 0.4) is 0 Å². The molecule has 32 heavy (non-hydrogen) atoms. The van der Waals surface area contributed by atoms with Crippen molar-refractivity contribution < 1.29 is 18.0 Å². The largest absolute Gasteiger partial charge is 0.418 e. The molecule has 0 spiro atoms. The van der Waals surface area contributed by atoms with E-state index in [0.29, 0.717) is 33.7 Å². The Hall–Kier alpha value is -3.17. The number of amidine groups is 1. The monoisotopic (exact) mass is 479 g/mol. The topological polar surface area (TPSA) is 79.3 Å². The maximum atomic E-state index is 13.1. The van der Waals surface area contributed by atoms with Crippen LogP contribution in [-0.4, -0.2) is 21.7 Å². The number of carbonyl (C=O) groups excluding carboxylic acids is 1. The summed E-state index contributed by atoms with van der Waals surface area (Å²) < 4.78 is 39.3. The summed E-state index contributed by atoms with van der Waals surface area (Å²) in [5, 5.41) is 6.32. The number of aromatic nitrogens is 2. The number of halogens is 5. The lowest BCUT2D eigenvalue weighted by molar-refractivity contribution is -0.138. The number of para-hydroxylation sites is 1. The van der Waals surface area contributed by atoms with Gasteiger partial charge in [0.15, 0.2) is 0 Å². The van der Waals surface area contributed by atoms with Gasteiger partial charge in [-0.1, -0.05) is 29.3 Å². The van der Waals surface area contributed by atoms with E-state index in [9.17, 15) is 18.0 Å². The number of nitrogens with one attached hydrogen (secondary N) is 2. The number of rotatable bonds is 4. The molecule has 0 saturated carbocycles. The first-order valence-corrected chi connectivity index (χ1v) is 10.0. The Morgan fingerprint density at radius 3 is 2.62 bits per heavy atom. The molecule has 3 aromatic rings. The Morgan fingerprint density at radius 2 is 1.91 bits per heavy atom. The Morgan fingerprint density at radius 1 is 1.16 bits per heavy atom. The predicted molar refractivity (Wildman–Crippen MR) is 116 cm³/mol. The average molecular weight is 480 g/mol. The minimum Gasteiger partial charge on any atom is -0.345 e. The molecular formula is C21H14Cl2F3N5O. The molecule has 11 heteroatoms. The highest BCUT2D eigenvalue weighted by molar-refractivity contribution is 6.39. The summed E-state index contributed by atoms with van der Waals surface area (Å²) in [6.45, 7) is -0.386. The fraction of sp³-hybridized carbons (Fsp3) is 0.143. The van der Waals surface area contributed by atoms with Gasteiger partial charge in [0.25, 0.3) is 5.91 Å². The van der Waals surface area contributed by atoms with Crippen molar-refractivity contribution in [2.75, 3.05) is 5.32 Å². The number of anilines is 1. The summed E-state index contributed by atoms with van der Waals surface area (Å²) >= 11 is 12.3. The van der Waals surface area contributed by atoms with Crippen molar-refractivity contribution in [2.24, 2.45) is 4.99 Å². The Kier molecular flexibility index (Phi) is 6.03. The zero-order valence-corrected chi connectivity index (χ0v) is 17.7. The Labute approximate surface area is 190 Å². The molecule has 164 valence electrons. The maximum Gasteiger partial charge on any atom is 0.418 e. The number of alkyl halides is 3. The minimum atomic E-state index is -4.56. The van der Waals surface area contributed by atoms with Gasteiger partial charge in [0.05, 0.1) is 39.7 Å². The maximum absolute atomic E-state index is 13.1. The zero-order chi connectivity index (χ0) is 22.9. The predicted octanol–water partition coefficient (Wildman–Crippen LogP) is 5.43. The molecule has 4 rings (SSSR count). The van der Waals surface area contributed by atoms with Crippen LogP contribution in [-0.2, 0) is 19.1 Å². The number of pyridine rings is 2. The first-order valence-electron chi connectivity index (χ1n) is 9.29. The van der Waals surface area contributed by atoms with Crippen molar-refractivity contribution in [3.05, 3.63) is 81.4 Å². The van der Waals surface area contributed by atoms with Crippen molar-refractivity contribution in [2.45, 2.75) is 19.1 Å². The summed E-state index contributed by atoms with van der Waals surface area (Å²) in [5.41, 5.74) is 0.723. The fourth-order valence-electron chi connectivity index (χ4n) is 3.15. The Bertz CT molecular complexity index is 1210. The van der Waals surface area contributed by atoms with Crippen LogP contribution in [0.5, 0.6) is 0 Å². The molecule has 0 fully saturated rings. The minimum absolute atomic E-state index is 0.0621. The second-order valence-electron chi connectivity index (χ2n) is 6.84. The number of carbonyl (C=O) groups is 1. The van der Waals surface area contributed by atoms with Gasteiger partial charge in [-0.2, -0.15) is 13.2 Å². The summed E-state index contributed by atoms with van der Waals surface area (Å²) in [7, 11) is 0. The molecule has 3 heterocycles. The highest BCUT2D eigenvalue weighted by atomic mass is 35.5. The smallest absolute Gasteiger partial charge is 0.345 e. The molecule has 0 unspecified atom stereocenters. The van der Waals surface area contributed by atoms with Gasteiger partial charge in [0.2, 0.25) is 0 Å². The van der Waals surface area contributed by atoms with Gasteiger partial charge in [0, 0.05) is 12.6 Å². The average Bonchev–Trinajstić information content (AvgIpc) is 3.16. The lowest BCUT2D eigenvalue weighted by Gasteiger charge is -2.12. The van der Waals surface area contributed by atoms with Crippen LogP contribution in [0.1, 0.15) is 27.3 Å². The molecule has 1 aliphatic rings. The number of aliphatic imine (C=N–C) groups is 1. The normalized spacial score (nSPS) is 14.2. The van der Waals surface area contributed by atoms with E-state index in [1.807, 2.05) is 0 Å². The standard InChI is InChI=1S/C21H14Cl2F3N5O/c22-13-4-1-5-14(23)19(13)31-18-8-11-7-15(28-9-16(11)30-18)20(32)29-10-17-12(21(24,25)26)3-2-6-27-17/h1-7,9H,8,10H2,(H,29,32)(H,30,31). The molecule has 0 saturated heterocycles. The SMILES string of the molecule is O=C(NCc1ncccc1C(F)(F)F)c1cc2c(cn1)NC(=Nc1c(Cl)cccc1Cl)C2. The number of hydrogen-bond acceptors (Lipinski definition) is 4. The fourth-order valence-corrected chi connectivity index (χ4v) is 3.63. The van der Waals surface area contributed by atoms with Gasteiger partial charge < -0.3 is 10.6 Å². The van der Waals surface area contributed by atoms with Crippen molar-refractivity contribution >= 4 is 46.3 Å². The van der Waals surface area contributed by atoms with E-state index in [0.717, 1.165) is 11.6 Å². The van der Waals surface area contributed by atoms with Crippen LogP contribution in [0.2, 0.25) is 10.0 Å². The van der Waals surface area contributed by atoms with Crippen molar-refractivity contribution in [3.8, 4) is 0 Å². The Balaban J connectivity index is 1.48. The van der Waals surface area contributed by atoms with Crippen LogP contribution in [0, 0.1) is 0 Å². The van der Waals surface area contributed by atoms with Crippen molar-refractivity contribution in [1.82, 2.24) is 15.3 Å². The number of hydrogen-bond donors (Lipinski definition) is 2. The van der Waals surface area contributed by atoms with E-state index in [2.05, 4.69) is 25.6 Å². The summed E-state index contributed by atoms with van der Waals surface area (Å²) in [4.78, 5) is 24.7. The van der Waals surface area contributed by atoms with Gasteiger partial charge in [-0.3, -0.25) is 9.78 Å². The van der Waals surface area contributed by atoms with E-state index in [1.165, 1.54) is 18.5 Å². The lowest BCUT2D eigenvalue weighted by Crippen LogP contribution is -2.26. The number of fused-ring (bicyclic) bond motifs is 1. The first kappa shape index (κ1) is 22.0. The van der Waals surface area contributed by atoms with Gasteiger partial charge >= 0.3 is 6.18 Å². The second kappa shape index (κ2) is 8.76. The molecule has 2 N–H and O–H groups in total. The van der Waals surface area contributed by atoms with E-state index in [1.54, 1.807) is 24.3 Å². The number of amides is 1. The highest BCUT2D eigenvalue weighted by Crippen LogP contribution is 2.34. The van der Waals surface area contributed by atoms with Crippen LogP contribution < -0.4 is 10.6 Å². The molecule has 0 aliphatic carbocycles. The van der Waals surface area contributed by atoms with Crippen LogP contribution >= 0.6 is 23.2 Å². The van der Waals surface area contributed by atoms with E-state index < -0.39 is 17.6 Å².